The number of pyridine rings is 2. The molecule has 0 aliphatic carbocycles. The number of sulfonamides is 1. The van der Waals surface area contributed by atoms with E-state index in [0.717, 1.165) is 6.07 Å². The number of carbonyl (C=O) groups excluding carboxylic acids is 3. The van der Waals surface area contributed by atoms with Gasteiger partial charge in [-0.05, 0) is 106 Å². The number of carbonyl (C=O) groups is 3. The fourth-order valence-electron chi connectivity index (χ4n) is 10.9. The summed E-state index contributed by atoms with van der Waals surface area (Å²) in [6.07, 6.45) is -3.81. The molecule has 0 spiro atoms. The average Bonchev–Trinajstić information content (AvgIpc) is 0.742. The van der Waals surface area contributed by atoms with Gasteiger partial charge in [0.15, 0.2) is 0 Å². The second-order valence-electron chi connectivity index (χ2n) is 20.9. The molecule has 11 aromatic rings. The number of hydrogen-bond acceptors (Lipinski definition) is 12. The van der Waals surface area contributed by atoms with Gasteiger partial charge in [-0.25, -0.2) is 18.5 Å². The Kier molecular flexibility index (Phi) is 18.4. The standard InChI is InChI=1S/C72H47Cl4F3N3O10S/c1-38(83)90-48-19-7-16-44(33-48)64-63(43-15-5-17-45(73)31-43)59(36-58(71(64)92-40(3)85)41-13-6-18-47(32-41)89-4)51-22-12-28-61(91-39(2)84)65(51)55-25-10-23-52(67(55)75)54-29-30-62(72(77,78)79)82-70(54)57-27-11-24-53(68(57)76)60-35-46(86)37-81-69(60)56-26-9-21-50(66(56)74)42-14-8-20-49(34-42)93(80,87)88/h5-35,37,86H,1-4H3,(H2,80,87,88). The van der Waals surface area contributed by atoms with Gasteiger partial charge in [-0.3, -0.25) is 19.4 Å². The summed E-state index contributed by atoms with van der Waals surface area (Å²) in [7, 11) is -2.62. The number of aromatic nitrogens is 2. The molecule has 3 N–H and O–H groups in total. The Labute approximate surface area is 551 Å². The molecular formula is C72H47Cl4F3N3O10S. The van der Waals surface area contributed by atoms with Gasteiger partial charge < -0.3 is 24.1 Å². The number of ether oxygens (including phenoxy) is 4. The van der Waals surface area contributed by atoms with Gasteiger partial charge in [0.05, 0.1) is 44.7 Å². The molecule has 93 heavy (non-hydrogen) atoms. The van der Waals surface area contributed by atoms with Gasteiger partial charge in [0, 0.05) is 98.6 Å². The van der Waals surface area contributed by atoms with Crippen molar-refractivity contribution in [3.05, 3.63) is 226 Å². The second kappa shape index (κ2) is 26.4. The summed E-state index contributed by atoms with van der Waals surface area (Å²) in [5, 5.41) is 16.7. The van der Waals surface area contributed by atoms with E-state index >= 15 is 13.2 Å². The third-order valence-electron chi connectivity index (χ3n) is 14.7. The molecule has 11 rings (SSSR count). The highest BCUT2D eigenvalue weighted by Crippen LogP contribution is 2.55. The van der Waals surface area contributed by atoms with Crippen LogP contribution in [-0.4, -0.2) is 48.5 Å². The van der Waals surface area contributed by atoms with Crippen molar-refractivity contribution in [3.8, 4) is 140 Å². The predicted molar refractivity (Wildman–Crippen MR) is 354 cm³/mol. The van der Waals surface area contributed by atoms with Gasteiger partial charge in [-0.1, -0.05) is 162 Å². The summed E-state index contributed by atoms with van der Waals surface area (Å²) in [4.78, 5) is 48.0. The normalized spacial score (nSPS) is 11.5. The summed E-state index contributed by atoms with van der Waals surface area (Å²) in [5.74, 6) is -1.77. The minimum absolute atomic E-state index is 0.0179. The summed E-state index contributed by atoms with van der Waals surface area (Å²) in [6.45, 7) is 3.70. The lowest BCUT2D eigenvalue weighted by atomic mass is 9.81. The van der Waals surface area contributed by atoms with Crippen LogP contribution in [0, 0.1) is 6.07 Å². The van der Waals surface area contributed by atoms with Crippen LogP contribution in [-0.2, 0) is 30.6 Å². The smallest absolute Gasteiger partial charge is 0.433 e. The predicted octanol–water partition coefficient (Wildman–Crippen LogP) is 18.7. The zero-order valence-corrected chi connectivity index (χ0v) is 53.0. The molecule has 0 fully saturated rings. The zero-order valence-electron chi connectivity index (χ0n) is 49.1. The lowest BCUT2D eigenvalue weighted by Crippen LogP contribution is -2.11. The highest BCUT2D eigenvalue weighted by atomic mass is 35.5. The molecule has 21 heteroatoms. The number of aromatic hydroxyl groups is 1. The topological polar surface area (TPSA) is 194 Å². The van der Waals surface area contributed by atoms with Gasteiger partial charge in [0.1, 0.15) is 34.4 Å². The molecule has 0 aliphatic rings. The Morgan fingerprint density at radius 2 is 1.04 bits per heavy atom. The molecule has 465 valence electrons. The molecule has 0 amide bonds. The fraction of sp³-hybridized carbons (Fsp3) is 0.0694. The number of nitrogens with two attached hydrogens (primary N) is 1. The van der Waals surface area contributed by atoms with Gasteiger partial charge in [-0.15, -0.1) is 0 Å². The minimum Gasteiger partial charge on any atom is -0.506 e. The molecule has 1 radical (unpaired) electrons. The first-order valence-electron chi connectivity index (χ1n) is 28.0. The Hall–Kier alpha value is -9.85. The van der Waals surface area contributed by atoms with E-state index in [9.17, 15) is 27.9 Å². The van der Waals surface area contributed by atoms with Gasteiger partial charge >= 0.3 is 24.1 Å². The van der Waals surface area contributed by atoms with Crippen molar-refractivity contribution < 1.29 is 60.0 Å². The van der Waals surface area contributed by atoms with Crippen LogP contribution in [0.4, 0.5) is 13.2 Å². The summed E-state index contributed by atoms with van der Waals surface area (Å²) in [5.41, 5.74) is 3.39. The Balaban J connectivity index is 1.17. The SMILES string of the molecule is COc1cccc(-c2[c]c(-c3cccc(OC(C)=O)c3-c3cccc(-c4ccc(C(F)(F)F)nc4-c4cccc(-c5cc(O)cnc5-c5cccc(-c6cccc(S(N)(=O)=O)c6)c5Cl)c4Cl)c3Cl)c(-c3cccc(Cl)c3)c(-c3cccc(OC(C)=O)c3)c2OC(C)=O)c1. The van der Waals surface area contributed by atoms with Crippen LogP contribution in [0.3, 0.4) is 0 Å². The maximum Gasteiger partial charge on any atom is 0.433 e. The molecule has 0 unspecified atom stereocenters. The van der Waals surface area contributed by atoms with Crippen LogP contribution in [0.5, 0.6) is 28.7 Å². The van der Waals surface area contributed by atoms with Crippen molar-refractivity contribution in [1.29, 1.82) is 0 Å². The molecule has 0 aliphatic heterocycles. The third kappa shape index (κ3) is 13.4. The summed E-state index contributed by atoms with van der Waals surface area (Å²) in [6, 6.07) is 52.4. The quantitative estimate of drug-likeness (QED) is 0.0729. The molecule has 9 aromatic carbocycles. The van der Waals surface area contributed by atoms with E-state index in [2.05, 4.69) is 16.0 Å². The Morgan fingerprint density at radius 3 is 1.71 bits per heavy atom. The van der Waals surface area contributed by atoms with Crippen LogP contribution in [0.15, 0.2) is 199 Å². The number of rotatable bonds is 15. The number of nitrogens with zero attached hydrogens (tertiary/aromatic N) is 2. The average molecular weight is 1350 g/mol. The van der Waals surface area contributed by atoms with Gasteiger partial charge in [0.2, 0.25) is 10.0 Å². The van der Waals surface area contributed by atoms with Crippen molar-refractivity contribution in [2.75, 3.05) is 7.11 Å². The van der Waals surface area contributed by atoms with E-state index in [-0.39, 0.29) is 110 Å². The highest BCUT2D eigenvalue weighted by molar-refractivity contribution is 7.89. The molecule has 13 nitrogen and oxygen atoms in total. The van der Waals surface area contributed by atoms with Crippen LogP contribution in [0.25, 0.3) is 112 Å². The largest absolute Gasteiger partial charge is 0.506 e. The maximum absolute atomic E-state index is 15.1. The molecular weight excluding hydrogens is 1300 g/mol. The number of alkyl halides is 3. The lowest BCUT2D eigenvalue weighted by molar-refractivity contribution is -0.141. The Morgan fingerprint density at radius 1 is 0.505 bits per heavy atom. The number of hydrogen-bond donors (Lipinski definition) is 2. The van der Waals surface area contributed by atoms with E-state index in [1.54, 1.807) is 133 Å². The van der Waals surface area contributed by atoms with E-state index in [1.165, 1.54) is 82.6 Å². The number of methoxy groups -OCH3 is 1. The molecule has 0 saturated heterocycles. The van der Waals surface area contributed by atoms with E-state index in [4.69, 9.17) is 70.5 Å². The van der Waals surface area contributed by atoms with Crippen molar-refractivity contribution in [2.24, 2.45) is 5.14 Å². The molecule has 0 saturated carbocycles. The Bertz CT molecular complexity index is 4990. The summed E-state index contributed by atoms with van der Waals surface area (Å²) >= 11 is 29.2. The fourth-order valence-corrected chi connectivity index (χ4v) is 12.6. The molecule has 2 heterocycles. The van der Waals surface area contributed by atoms with Crippen molar-refractivity contribution >= 4 is 74.3 Å². The van der Waals surface area contributed by atoms with Crippen LogP contribution in [0.1, 0.15) is 26.5 Å². The van der Waals surface area contributed by atoms with Gasteiger partial charge in [0.25, 0.3) is 0 Å². The van der Waals surface area contributed by atoms with Crippen molar-refractivity contribution in [3.63, 3.8) is 0 Å². The van der Waals surface area contributed by atoms with Crippen LogP contribution < -0.4 is 24.1 Å². The van der Waals surface area contributed by atoms with E-state index < -0.39 is 39.8 Å². The molecule has 2 aromatic heterocycles. The van der Waals surface area contributed by atoms with E-state index in [1.807, 2.05) is 0 Å². The van der Waals surface area contributed by atoms with Crippen LogP contribution in [0.2, 0.25) is 20.1 Å². The molecule has 0 bridgehead atoms. The maximum atomic E-state index is 15.1. The van der Waals surface area contributed by atoms with Gasteiger partial charge in [-0.2, -0.15) is 13.2 Å². The monoisotopic (exact) mass is 1340 g/mol. The number of halogens is 7. The van der Waals surface area contributed by atoms with E-state index in [0.29, 0.717) is 55.3 Å². The first kappa shape index (κ1) is 64.7. The number of primary sulfonamides is 1. The first-order valence-corrected chi connectivity index (χ1v) is 31.0. The first-order chi connectivity index (χ1) is 44.4. The molecule has 0 atom stereocenters. The highest BCUT2D eigenvalue weighted by Gasteiger charge is 2.35. The summed E-state index contributed by atoms with van der Waals surface area (Å²) < 4.78 is 93.6. The number of benzene rings is 9. The lowest BCUT2D eigenvalue weighted by Gasteiger charge is -2.25. The van der Waals surface area contributed by atoms with Crippen LogP contribution >= 0.6 is 46.4 Å². The van der Waals surface area contributed by atoms with Crippen molar-refractivity contribution in [1.82, 2.24) is 9.97 Å². The third-order valence-corrected chi connectivity index (χ3v) is 17.1. The number of esters is 3. The zero-order chi connectivity index (χ0) is 66.2. The minimum atomic E-state index is -4.98. The van der Waals surface area contributed by atoms with Crippen molar-refractivity contribution in [2.45, 2.75) is 31.8 Å². The second-order valence-corrected chi connectivity index (χ2v) is 24.1.